The summed E-state index contributed by atoms with van der Waals surface area (Å²) in [4.78, 5) is 8.88. The molecular formula is C14H20N4OS2. The molecule has 21 heavy (non-hydrogen) atoms. The molecule has 7 heteroatoms. The van der Waals surface area contributed by atoms with Crippen LogP contribution < -0.4 is 5.73 Å². The Labute approximate surface area is 132 Å². The van der Waals surface area contributed by atoms with Crippen LogP contribution in [0.15, 0.2) is 9.90 Å². The van der Waals surface area contributed by atoms with Crippen LogP contribution in [0.5, 0.6) is 0 Å². The zero-order valence-electron chi connectivity index (χ0n) is 12.1. The Morgan fingerprint density at radius 3 is 2.90 bits per heavy atom. The summed E-state index contributed by atoms with van der Waals surface area (Å²) in [6.07, 6.45) is 6.73. The fourth-order valence-electron chi connectivity index (χ4n) is 2.44. The molecular weight excluding hydrogens is 304 g/mol. The van der Waals surface area contributed by atoms with Gasteiger partial charge in [-0.05, 0) is 19.8 Å². The Bertz CT molecular complexity index is 575. The maximum absolute atomic E-state index is 5.82. The Kier molecular flexibility index (Phi) is 4.92. The highest BCUT2D eigenvalue weighted by molar-refractivity contribution is 7.99. The third kappa shape index (κ3) is 3.84. The zero-order valence-corrected chi connectivity index (χ0v) is 13.8. The zero-order chi connectivity index (χ0) is 14.7. The lowest BCUT2D eigenvalue weighted by Gasteiger charge is -2.19. The number of rotatable bonds is 5. The van der Waals surface area contributed by atoms with Gasteiger partial charge in [-0.25, -0.2) is 4.98 Å². The summed E-state index contributed by atoms with van der Waals surface area (Å²) in [7, 11) is 0. The summed E-state index contributed by atoms with van der Waals surface area (Å²) < 4.78 is 5.31. The number of thiazole rings is 1. The molecule has 1 aliphatic rings. The maximum atomic E-state index is 5.82. The summed E-state index contributed by atoms with van der Waals surface area (Å²) in [6, 6.07) is -0.0620. The molecule has 114 valence electrons. The van der Waals surface area contributed by atoms with E-state index in [-0.39, 0.29) is 6.04 Å². The van der Waals surface area contributed by atoms with E-state index in [4.69, 9.17) is 10.3 Å². The first kappa shape index (κ1) is 15.0. The largest absolute Gasteiger partial charge is 0.332 e. The molecule has 2 aromatic rings. The summed E-state index contributed by atoms with van der Waals surface area (Å²) in [5, 5.41) is 7.62. The van der Waals surface area contributed by atoms with Crippen molar-refractivity contribution in [2.45, 2.75) is 56.1 Å². The van der Waals surface area contributed by atoms with E-state index < -0.39 is 0 Å². The van der Waals surface area contributed by atoms with Crippen molar-refractivity contribution in [1.82, 2.24) is 15.1 Å². The van der Waals surface area contributed by atoms with Crippen LogP contribution in [0.4, 0.5) is 0 Å². The molecule has 0 radical (unpaired) electrons. The van der Waals surface area contributed by atoms with Gasteiger partial charge in [0.2, 0.25) is 0 Å². The van der Waals surface area contributed by atoms with Gasteiger partial charge in [0, 0.05) is 10.6 Å². The average molecular weight is 324 g/mol. The molecule has 2 N–H and O–H groups in total. The molecule has 1 atom stereocenters. The van der Waals surface area contributed by atoms with Crippen LogP contribution in [0.2, 0.25) is 0 Å². The first-order valence-corrected chi connectivity index (χ1v) is 9.31. The van der Waals surface area contributed by atoms with Crippen LogP contribution in [-0.2, 0) is 5.75 Å². The van der Waals surface area contributed by atoms with Crippen molar-refractivity contribution in [3.05, 3.63) is 16.2 Å². The molecule has 2 heterocycles. The van der Waals surface area contributed by atoms with E-state index in [2.05, 4.69) is 15.1 Å². The predicted molar refractivity (Wildman–Crippen MR) is 86.2 cm³/mol. The molecule has 5 nitrogen and oxygen atoms in total. The Morgan fingerprint density at radius 2 is 2.19 bits per heavy atom. The van der Waals surface area contributed by atoms with E-state index in [1.807, 2.05) is 24.1 Å². The monoisotopic (exact) mass is 324 g/mol. The first-order valence-electron chi connectivity index (χ1n) is 7.38. The highest BCUT2D eigenvalue weighted by Crippen LogP contribution is 2.30. The normalized spacial score (nSPS) is 18.0. The van der Waals surface area contributed by atoms with E-state index in [1.54, 1.807) is 0 Å². The molecule has 0 aliphatic heterocycles. The van der Waals surface area contributed by atoms with Crippen LogP contribution in [0.25, 0.3) is 11.6 Å². The topological polar surface area (TPSA) is 77.8 Å². The molecule has 2 aromatic heterocycles. The van der Waals surface area contributed by atoms with Crippen molar-refractivity contribution in [3.8, 4) is 11.6 Å². The quantitative estimate of drug-likeness (QED) is 0.902. The Hall–Kier alpha value is -0.920. The molecule has 1 unspecified atom stereocenters. The molecule has 3 rings (SSSR count). The third-order valence-corrected chi connectivity index (χ3v) is 6.01. The van der Waals surface area contributed by atoms with E-state index in [0.29, 0.717) is 5.89 Å². The molecule has 1 aliphatic carbocycles. The lowest BCUT2D eigenvalue weighted by atomic mass is 10.0. The minimum absolute atomic E-state index is 0.0620. The van der Waals surface area contributed by atoms with E-state index >= 15 is 0 Å². The van der Waals surface area contributed by atoms with Gasteiger partial charge < -0.3 is 10.3 Å². The number of hydrogen-bond acceptors (Lipinski definition) is 7. The molecule has 0 aromatic carbocycles. The fourth-order valence-corrected chi connectivity index (χ4v) is 4.36. The molecule has 0 spiro atoms. The Balaban J connectivity index is 1.59. The lowest BCUT2D eigenvalue weighted by molar-refractivity contribution is 0.424. The van der Waals surface area contributed by atoms with Gasteiger partial charge in [-0.15, -0.1) is 11.3 Å². The Morgan fingerprint density at radius 1 is 1.38 bits per heavy atom. The second kappa shape index (κ2) is 6.89. The fraction of sp³-hybridized carbons (Fsp3) is 0.643. The molecule has 0 saturated heterocycles. The van der Waals surface area contributed by atoms with Gasteiger partial charge in [0.25, 0.3) is 5.89 Å². The second-order valence-electron chi connectivity index (χ2n) is 5.45. The first-order chi connectivity index (χ1) is 10.2. The van der Waals surface area contributed by atoms with Gasteiger partial charge in [-0.1, -0.05) is 24.4 Å². The molecule has 1 saturated carbocycles. The summed E-state index contributed by atoms with van der Waals surface area (Å²) in [5.74, 6) is 2.08. The lowest BCUT2D eigenvalue weighted by Crippen LogP contribution is -2.08. The maximum Gasteiger partial charge on any atom is 0.277 e. The number of thioether (sulfide) groups is 1. The van der Waals surface area contributed by atoms with Crippen molar-refractivity contribution in [2.24, 2.45) is 5.73 Å². The molecule has 0 amide bonds. The van der Waals surface area contributed by atoms with Gasteiger partial charge in [0.15, 0.2) is 5.82 Å². The SMILES string of the molecule is CC(N)c1nc(-c2nc(CSC3CCCCC3)no2)cs1. The van der Waals surface area contributed by atoms with Crippen molar-refractivity contribution in [2.75, 3.05) is 0 Å². The van der Waals surface area contributed by atoms with Crippen LogP contribution in [-0.4, -0.2) is 20.4 Å². The summed E-state index contributed by atoms with van der Waals surface area (Å²) >= 11 is 3.48. The van der Waals surface area contributed by atoms with Crippen LogP contribution in [0.3, 0.4) is 0 Å². The van der Waals surface area contributed by atoms with Crippen LogP contribution in [0.1, 0.15) is 55.9 Å². The number of nitrogens with two attached hydrogens (primary N) is 1. The molecule has 1 fully saturated rings. The van der Waals surface area contributed by atoms with E-state index in [1.165, 1.54) is 43.4 Å². The minimum atomic E-state index is -0.0620. The average Bonchev–Trinajstić information content (AvgIpc) is 3.15. The van der Waals surface area contributed by atoms with Crippen molar-refractivity contribution < 1.29 is 4.52 Å². The van der Waals surface area contributed by atoms with E-state index in [0.717, 1.165) is 27.5 Å². The van der Waals surface area contributed by atoms with Gasteiger partial charge in [0.05, 0.1) is 11.8 Å². The van der Waals surface area contributed by atoms with Gasteiger partial charge in [-0.3, -0.25) is 0 Å². The summed E-state index contributed by atoms with van der Waals surface area (Å²) in [5.41, 5.74) is 6.55. The van der Waals surface area contributed by atoms with Gasteiger partial charge >= 0.3 is 0 Å². The standard InChI is InChI=1S/C14H20N4OS2/c1-9(15)14-16-11(7-21-14)13-17-12(18-19-13)8-20-10-5-3-2-4-6-10/h7,9-10H,2-6,8,15H2,1H3. The van der Waals surface area contributed by atoms with Crippen LogP contribution in [0, 0.1) is 0 Å². The highest BCUT2D eigenvalue weighted by atomic mass is 32.2. The van der Waals surface area contributed by atoms with Crippen molar-refractivity contribution >= 4 is 23.1 Å². The third-order valence-electron chi connectivity index (χ3n) is 3.60. The second-order valence-corrected chi connectivity index (χ2v) is 7.62. The minimum Gasteiger partial charge on any atom is -0.332 e. The van der Waals surface area contributed by atoms with Crippen LogP contribution >= 0.6 is 23.1 Å². The highest BCUT2D eigenvalue weighted by Gasteiger charge is 2.17. The smallest absolute Gasteiger partial charge is 0.277 e. The number of aromatic nitrogens is 3. The van der Waals surface area contributed by atoms with Crippen molar-refractivity contribution in [1.29, 1.82) is 0 Å². The van der Waals surface area contributed by atoms with E-state index in [9.17, 15) is 0 Å². The number of nitrogens with zero attached hydrogens (tertiary/aromatic N) is 3. The van der Waals surface area contributed by atoms with Gasteiger partial charge in [-0.2, -0.15) is 16.7 Å². The van der Waals surface area contributed by atoms with Gasteiger partial charge in [0.1, 0.15) is 10.7 Å². The molecule has 0 bridgehead atoms. The summed E-state index contributed by atoms with van der Waals surface area (Å²) in [6.45, 7) is 1.92. The predicted octanol–water partition coefficient (Wildman–Crippen LogP) is 3.78. The number of hydrogen-bond donors (Lipinski definition) is 1. The van der Waals surface area contributed by atoms with Crippen molar-refractivity contribution in [3.63, 3.8) is 0 Å².